The van der Waals surface area contributed by atoms with Crippen LogP contribution in [-0.4, -0.2) is 18.1 Å². The van der Waals surface area contributed by atoms with Gasteiger partial charge in [0.05, 0.1) is 23.9 Å². The zero-order valence-electron chi connectivity index (χ0n) is 12.0. The first-order valence-electron chi connectivity index (χ1n) is 6.95. The molecular formula is C17H13ClN2O2. The monoisotopic (exact) mass is 312 g/mol. The van der Waals surface area contributed by atoms with Crippen LogP contribution in [0.4, 0.5) is 0 Å². The summed E-state index contributed by atoms with van der Waals surface area (Å²) in [6.07, 6.45) is 2.48. The molecule has 110 valence electrons. The lowest BCUT2D eigenvalue weighted by Crippen LogP contribution is -2.11. The molecule has 0 amide bonds. The number of hydrogen-bond donors (Lipinski definition) is 0. The molecular weight excluding hydrogens is 300 g/mol. The number of aryl methyl sites for hydroxylation is 1. The molecule has 0 unspecified atom stereocenters. The molecule has 1 aromatic carbocycles. The quantitative estimate of drug-likeness (QED) is 0.796. The van der Waals surface area contributed by atoms with Gasteiger partial charge in [-0.2, -0.15) is 5.26 Å². The van der Waals surface area contributed by atoms with Crippen LogP contribution in [0.3, 0.4) is 0 Å². The Morgan fingerprint density at radius 3 is 2.91 bits per heavy atom. The van der Waals surface area contributed by atoms with Crippen LogP contribution in [0.2, 0.25) is 5.02 Å². The molecule has 5 heteroatoms. The van der Waals surface area contributed by atoms with Crippen molar-refractivity contribution in [1.29, 1.82) is 5.26 Å². The number of benzene rings is 1. The van der Waals surface area contributed by atoms with Crippen molar-refractivity contribution >= 4 is 17.6 Å². The highest BCUT2D eigenvalue weighted by Crippen LogP contribution is 2.33. The summed E-state index contributed by atoms with van der Waals surface area (Å²) < 4.78 is 4.87. The smallest absolute Gasteiger partial charge is 0.339 e. The van der Waals surface area contributed by atoms with Crippen molar-refractivity contribution in [2.75, 3.05) is 7.11 Å². The maximum absolute atomic E-state index is 12.2. The van der Waals surface area contributed by atoms with Gasteiger partial charge < -0.3 is 4.74 Å². The number of esters is 1. The minimum Gasteiger partial charge on any atom is -0.465 e. The van der Waals surface area contributed by atoms with Crippen LogP contribution < -0.4 is 0 Å². The van der Waals surface area contributed by atoms with E-state index >= 15 is 0 Å². The molecule has 0 spiro atoms. The topological polar surface area (TPSA) is 63.0 Å². The van der Waals surface area contributed by atoms with Crippen LogP contribution in [0.5, 0.6) is 0 Å². The fourth-order valence-electron chi connectivity index (χ4n) is 2.86. The van der Waals surface area contributed by atoms with E-state index in [9.17, 15) is 10.1 Å². The van der Waals surface area contributed by atoms with Crippen LogP contribution in [0.25, 0.3) is 11.3 Å². The van der Waals surface area contributed by atoms with Gasteiger partial charge in [0.2, 0.25) is 0 Å². The van der Waals surface area contributed by atoms with Crippen LogP contribution in [-0.2, 0) is 17.6 Å². The molecule has 0 fully saturated rings. The van der Waals surface area contributed by atoms with E-state index < -0.39 is 5.97 Å². The van der Waals surface area contributed by atoms with Crippen molar-refractivity contribution in [3.05, 3.63) is 51.7 Å². The highest BCUT2D eigenvalue weighted by atomic mass is 35.5. The standard InChI is InChI=1S/C17H13ClN2O2/c1-22-17(21)15-12-6-3-7-14(12)20-16(13(15)9-19)10-4-2-5-11(18)8-10/h2,4-5,8H,3,6-7H2,1H3. The number of pyridine rings is 1. The lowest BCUT2D eigenvalue weighted by molar-refractivity contribution is 0.0599. The highest BCUT2D eigenvalue weighted by molar-refractivity contribution is 6.30. The van der Waals surface area contributed by atoms with E-state index in [2.05, 4.69) is 11.1 Å². The van der Waals surface area contributed by atoms with Gasteiger partial charge in [-0.05, 0) is 37.0 Å². The molecule has 0 atom stereocenters. The third-order valence-electron chi connectivity index (χ3n) is 3.82. The van der Waals surface area contributed by atoms with Crippen molar-refractivity contribution in [1.82, 2.24) is 4.98 Å². The molecule has 0 saturated heterocycles. The number of nitrogens with zero attached hydrogens (tertiary/aromatic N) is 2. The first-order chi connectivity index (χ1) is 10.7. The van der Waals surface area contributed by atoms with Crippen LogP contribution in [0, 0.1) is 11.3 Å². The van der Waals surface area contributed by atoms with Gasteiger partial charge in [0.1, 0.15) is 6.07 Å². The van der Waals surface area contributed by atoms with Gasteiger partial charge in [-0.15, -0.1) is 0 Å². The Balaban J connectivity index is 2.32. The summed E-state index contributed by atoms with van der Waals surface area (Å²) in [5, 5.41) is 10.1. The Morgan fingerprint density at radius 1 is 1.41 bits per heavy atom. The number of fused-ring (bicyclic) bond motifs is 1. The van der Waals surface area contributed by atoms with Gasteiger partial charge in [0.15, 0.2) is 0 Å². The molecule has 0 saturated carbocycles. The number of hydrogen-bond acceptors (Lipinski definition) is 4. The molecule has 0 radical (unpaired) electrons. The number of nitriles is 1. The van der Waals surface area contributed by atoms with Crippen LogP contribution in [0.1, 0.15) is 33.6 Å². The van der Waals surface area contributed by atoms with Crippen molar-refractivity contribution < 1.29 is 9.53 Å². The molecule has 1 aliphatic carbocycles. The second-order valence-electron chi connectivity index (χ2n) is 5.10. The number of carbonyl (C=O) groups excluding carboxylic acids is 1. The largest absolute Gasteiger partial charge is 0.465 e. The minimum atomic E-state index is -0.486. The molecule has 2 aromatic rings. The summed E-state index contributed by atoms with van der Waals surface area (Å²) in [6.45, 7) is 0. The van der Waals surface area contributed by atoms with Gasteiger partial charge >= 0.3 is 5.97 Å². The summed E-state index contributed by atoms with van der Waals surface area (Å²) in [7, 11) is 1.32. The van der Waals surface area contributed by atoms with E-state index in [1.54, 1.807) is 18.2 Å². The average molecular weight is 313 g/mol. The lowest BCUT2D eigenvalue weighted by Gasteiger charge is -2.13. The van der Waals surface area contributed by atoms with E-state index in [4.69, 9.17) is 16.3 Å². The summed E-state index contributed by atoms with van der Waals surface area (Å²) in [4.78, 5) is 16.8. The second-order valence-corrected chi connectivity index (χ2v) is 5.54. The van der Waals surface area contributed by atoms with E-state index in [1.807, 2.05) is 6.07 Å². The predicted octanol–water partition coefficient (Wildman–Crippen LogP) is 3.55. The summed E-state index contributed by atoms with van der Waals surface area (Å²) in [5.41, 5.74) is 3.54. The Bertz CT molecular complexity index is 809. The molecule has 1 heterocycles. The molecule has 1 aliphatic rings. The Labute approximate surface area is 133 Å². The number of carbonyl (C=O) groups is 1. The Kier molecular flexibility index (Phi) is 3.82. The molecule has 0 bridgehead atoms. The van der Waals surface area contributed by atoms with Gasteiger partial charge in [0, 0.05) is 16.3 Å². The fraction of sp³-hybridized carbons (Fsp3) is 0.235. The average Bonchev–Trinajstić information content (AvgIpc) is 3.00. The van der Waals surface area contributed by atoms with Gasteiger partial charge in [-0.25, -0.2) is 4.79 Å². The molecule has 3 rings (SSSR count). The number of methoxy groups -OCH3 is 1. The van der Waals surface area contributed by atoms with Crippen molar-refractivity contribution in [2.45, 2.75) is 19.3 Å². The molecule has 1 aromatic heterocycles. The van der Waals surface area contributed by atoms with Crippen molar-refractivity contribution in [3.8, 4) is 17.3 Å². The van der Waals surface area contributed by atoms with Gasteiger partial charge in [0.25, 0.3) is 0 Å². The van der Waals surface area contributed by atoms with Crippen LogP contribution >= 0.6 is 11.6 Å². The lowest BCUT2D eigenvalue weighted by atomic mass is 9.96. The van der Waals surface area contributed by atoms with Gasteiger partial charge in [-0.3, -0.25) is 4.98 Å². The Hall–Kier alpha value is -2.38. The first kappa shape index (κ1) is 14.6. The predicted molar refractivity (Wildman–Crippen MR) is 82.8 cm³/mol. The summed E-state index contributed by atoms with van der Waals surface area (Å²) >= 11 is 6.03. The zero-order valence-corrected chi connectivity index (χ0v) is 12.8. The number of halogens is 1. The van der Waals surface area contributed by atoms with E-state index in [1.165, 1.54) is 7.11 Å². The third kappa shape index (κ3) is 2.34. The molecule has 0 aliphatic heterocycles. The van der Waals surface area contributed by atoms with Crippen molar-refractivity contribution in [2.24, 2.45) is 0 Å². The van der Waals surface area contributed by atoms with E-state index in [-0.39, 0.29) is 5.56 Å². The van der Waals surface area contributed by atoms with E-state index in [0.717, 1.165) is 36.1 Å². The maximum Gasteiger partial charge on any atom is 0.339 e. The number of ether oxygens (including phenoxy) is 1. The van der Waals surface area contributed by atoms with Gasteiger partial charge in [-0.1, -0.05) is 23.7 Å². The summed E-state index contributed by atoms with van der Waals surface area (Å²) in [6, 6.07) is 9.25. The normalized spacial score (nSPS) is 12.6. The first-order valence-corrected chi connectivity index (χ1v) is 7.33. The molecule has 22 heavy (non-hydrogen) atoms. The highest BCUT2D eigenvalue weighted by Gasteiger charge is 2.28. The van der Waals surface area contributed by atoms with Crippen molar-refractivity contribution in [3.63, 3.8) is 0 Å². The SMILES string of the molecule is COC(=O)c1c(C#N)c(-c2cccc(Cl)c2)nc2c1CCC2. The number of rotatable bonds is 2. The van der Waals surface area contributed by atoms with Crippen LogP contribution in [0.15, 0.2) is 24.3 Å². The molecule has 4 nitrogen and oxygen atoms in total. The maximum atomic E-state index is 12.2. The summed E-state index contributed by atoms with van der Waals surface area (Å²) in [5.74, 6) is -0.486. The zero-order chi connectivity index (χ0) is 15.7. The fourth-order valence-corrected chi connectivity index (χ4v) is 3.05. The number of aromatic nitrogens is 1. The molecule has 0 N–H and O–H groups in total. The minimum absolute atomic E-state index is 0.259. The van der Waals surface area contributed by atoms with E-state index in [0.29, 0.717) is 16.3 Å². The third-order valence-corrected chi connectivity index (χ3v) is 4.06. The Morgan fingerprint density at radius 2 is 2.23 bits per heavy atom. The second kappa shape index (κ2) is 5.78.